The maximum atomic E-state index is 5.55. The lowest BCUT2D eigenvalue weighted by molar-refractivity contribution is -0.738. The third-order valence-electron chi connectivity index (χ3n) is 2.45. The standard InChI is InChI=1S/C12H23N2O/c1-4-7-13-8-9-14(12(13)6-3)11-15-10-5-2/h8-9H,4-7,10-11H2,1-3H3/q+1. The van der Waals surface area contributed by atoms with E-state index in [1.165, 1.54) is 12.2 Å². The van der Waals surface area contributed by atoms with Crippen LogP contribution in [0.4, 0.5) is 0 Å². The van der Waals surface area contributed by atoms with Crippen LogP contribution in [0.2, 0.25) is 0 Å². The van der Waals surface area contributed by atoms with Gasteiger partial charge in [0.1, 0.15) is 12.4 Å². The number of nitrogens with zero attached hydrogens (tertiary/aromatic N) is 2. The first-order valence-electron chi connectivity index (χ1n) is 5.98. The van der Waals surface area contributed by atoms with Crippen LogP contribution in [0, 0.1) is 0 Å². The second kappa shape index (κ2) is 6.62. The van der Waals surface area contributed by atoms with E-state index >= 15 is 0 Å². The smallest absolute Gasteiger partial charge is 0.258 e. The second-order valence-corrected chi connectivity index (χ2v) is 3.77. The highest BCUT2D eigenvalue weighted by atomic mass is 16.5. The second-order valence-electron chi connectivity index (χ2n) is 3.77. The molecule has 3 heteroatoms. The number of aryl methyl sites for hydroxylation is 1. The van der Waals surface area contributed by atoms with Crippen molar-refractivity contribution in [1.29, 1.82) is 0 Å². The highest BCUT2D eigenvalue weighted by Crippen LogP contribution is 1.99. The van der Waals surface area contributed by atoms with Gasteiger partial charge in [0.25, 0.3) is 5.82 Å². The number of ether oxygens (including phenoxy) is 1. The van der Waals surface area contributed by atoms with Crippen LogP contribution in [0.15, 0.2) is 12.4 Å². The minimum absolute atomic E-state index is 0.688. The fraction of sp³-hybridized carbons (Fsp3) is 0.750. The molecule has 0 saturated carbocycles. The Morgan fingerprint density at radius 1 is 1.27 bits per heavy atom. The molecule has 0 aliphatic heterocycles. The molecule has 1 heterocycles. The van der Waals surface area contributed by atoms with Crippen LogP contribution in [0.5, 0.6) is 0 Å². The summed E-state index contributed by atoms with van der Waals surface area (Å²) in [6.07, 6.45) is 7.58. The molecule has 0 atom stereocenters. The summed E-state index contributed by atoms with van der Waals surface area (Å²) in [5.41, 5.74) is 0. The van der Waals surface area contributed by atoms with E-state index < -0.39 is 0 Å². The summed E-state index contributed by atoms with van der Waals surface area (Å²) in [5, 5.41) is 0. The highest BCUT2D eigenvalue weighted by molar-refractivity contribution is 4.82. The molecular weight excluding hydrogens is 188 g/mol. The predicted octanol–water partition coefficient (Wildman–Crippen LogP) is 2.13. The van der Waals surface area contributed by atoms with E-state index in [4.69, 9.17) is 4.74 Å². The number of imidazole rings is 1. The lowest BCUT2D eigenvalue weighted by atomic mass is 10.4. The molecule has 1 rings (SSSR count). The zero-order valence-electron chi connectivity index (χ0n) is 10.2. The molecule has 15 heavy (non-hydrogen) atoms. The fourth-order valence-electron chi connectivity index (χ4n) is 1.77. The van der Waals surface area contributed by atoms with E-state index in [-0.39, 0.29) is 0 Å². The van der Waals surface area contributed by atoms with Crippen molar-refractivity contribution >= 4 is 0 Å². The Balaban J connectivity index is 2.62. The van der Waals surface area contributed by atoms with Crippen molar-refractivity contribution in [2.24, 2.45) is 0 Å². The van der Waals surface area contributed by atoms with Crippen molar-refractivity contribution < 1.29 is 9.30 Å². The number of hydrogen-bond donors (Lipinski definition) is 0. The molecule has 1 aromatic rings. The van der Waals surface area contributed by atoms with Crippen molar-refractivity contribution in [2.75, 3.05) is 6.61 Å². The summed E-state index contributed by atoms with van der Waals surface area (Å²) in [6.45, 7) is 9.16. The van der Waals surface area contributed by atoms with Crippen LogP contribution in [0.1, 0.15) is 39.4 Å². The topological polar surface area (TPSA) is 18.0 Å². The predicted molar refractivity (Wildman–Crippen MR) is 60.5 cm³/mol. The van der Waals surface area contributed by atoms with Crippen LogP contribution in [0.25, 0.3) is 0 Å². The first-order chi connectivity index (χ1) is 7.33. The highest BCUT2D eigenvalue weighted by Gasteiger charge is 2.13. The Morgan fingerprint density at radius 2 is 2.07 bits per heavy atom. The average molecular weight is 211 g/mol. The molecule has 0 unspecified atom stereocenters. The van der Waals surface area contributed by atoms with Gasteiger partial charge in [0.15, 0.2) is 6.73 Å². The molecule has 0 radical (unpaired) electrons. The molecule has 0 aliphatic carbocycles. The number of hydrogen-bond acceptors (Lipinski definition) is 1. The number of rotatable bonds is 7. The largest absolute Gasteiger partial charge is 0.342 e. The number of aromatic nitrogens is 2. The molecular formula is C12H23N2O+. The van der Waals surface area contributed by atoms with E-state index in [0.29, 0.717) is 6.73 Å². The van der Waals surface area contributed by atoms with E-state index in [2.05, 4.69) is 42.3 Å². The summed E-state index contributed by atoms with van der Waals surface area (Å²) in [5.74, 6) is 1.35. The van der Waals surface area contributed by atoms with Crippen molar-refractivity contribution in [3.8, 4) is 0 Å². The van der Waals surface area contributed by atoms with Gasteiger partial charge in [-0.3, -0.25) is 0 Å². The van der Waals surface area contributed by atoms with Crippen LogP contribution < -0.4 is 4.57 Å². The SMILES string of the molecule is CCCOC[n+]1ccn(CCC)c1CC. The Hall–Kier alpha value is -0.830. The van der Waals surface area contributed by atoms with Gasteiger partial charge in [-0.1, -0.05) is 20.8 Å². The minimum Gasteiger partial charge on any atom is -0.342 e. The van der Waals surface area contributed by atoms with E-state index in [1.54, 1.807) is 0 Å². The molecule has 86 valence electrons. The van der Waals surface area contributed by atoms with Gasteiger partial charge >= 0.3 is 0 Å². The summed E-state index contributed by atoms with van der Waals surface area (Å²) in [4.78, 5) is 0. The Morgan fingerprint density at radius 3 is 2.67 bits per heavy atom. The zero-order valence-corrected chi connectivity index (χ0v) is 10.2. The van der Waals surface area contributed by atoms with Crippen LogP contribution in [-0.2, 0) is 24.4 Å². The molecule has 0 N–H and O–H groups in total. The van der Waals surface area contributed by atoms with Gasteiger partial charge in [0.05, 0.1) is 13.2 Å². The summed E-state index contributed by atoms with van der Waals surface area (Å²) >= 11 is 0. The van der Waals surface area contributed by atoms with Gasteiger partial charge in [-0.2, -0.15) is 0 Å². The lowest BCUT2D eigenvalue weighted by Gasteiger charge is -2.03. The third kappa shape index (κ3) is 3.34. The molecule has 0 spiro atoms. The summed E-state index contributed by atoms with van der Waals surface area (Å²) in [7, 11) is 0. The van der Waals surface area contributed by atoms with Crippen molar-refractivity contribution in [2.45, 2.75) is 53.3 Å². The minimum atomic E-state index is 0.688. The molecule has 3 nitrogen and oxygen atoms in total. The van der Waals surface area contributed by atoms with Gasteiger partial charge < -0.3 is 4.74 Å². The Bertz CT molecular complexity index is 281. The fourth-order valence-corrected chi connectivity index (χ4v) is 1.77. The van der Waals surface area contributed by atoms with Gasteiger partial charge in [-0.15, -0.1) is 0 Å². The Kier molecular flexibility index (Phi) is 5.40. The third-order valence-corrected chi connectivity index (χ3v) is 2.45. The molecule has 1 aromatic heterocycles. The van der Waals surface area contributed by atoms with E-state index in [0.717, 1.165) is 26.0 Å². The van der Waals surface area contributed by atoms with Crippen LogP contribution >= 0.6 is 0 Å². The lowest BCUT2D eigenvalue weighted by Crippen LogP contribution is -2.38. The van der Waals surface area contributed by atoms with Crippen LogP contribution in [-0.4, -0.2) is 11.2 Å². The molecule has 0 aliphatic rings. The zero-order chi connectivity index (χ0) is 11.1. The molecule has 0 bridgehead atoms. The summed E-state index contributed by atoms with van der Waals surface area (Å²) in [6, 6.07) is 0. The van der Waals surface area contributed by atoms with Gasteiger partial charge in [0, 0.05) is 6.42 Å². The van der Waals surface area contributed by atoms with Crippen molar-refractivity contribution in [3.63, 3.8) is 0 Å². The maximum Gasteiger partial charge on any atom is 0.258 e. The van der Waals surface area contributed by atoms with Crippen molar-refractivity contribution in [3.05, 3.63) is 18.2 Å². The average Bonchev–Trinajstić information content (AvgIpc) is 2.62. The van der Waals surface area contributed by atoms with Crippen molar-refractivity contribution in [1.82, 2.24) is 4.57 Å². The first-order valence-corrected chi connectivity index (χ1v) is 5.98. The molecule has 0 fully saturated rings. The van der Waals surface area contributed by atoms with E-state index in [9.17, 15) is 0 Å². The van der Waals surface area contributed by atoms with Gasteiger partial charge in [-0.05, 0) is 12.8 Å². The molecule has 0 amide bonds. The molecule has 0 aromatic carbocycles. The molecule has 0 saturated heterocycles. The maximum absolute atomic E-state index is 5.55. The van der Waals surface area contributed by atoms with E-state index in [1.807, 2.05) is 0 Å². The van der Waals surface area contributed by atoms with Gasteiger partial charge in [0.2, 0.25) is 0 Å². The Labute approximate surface area is 92.7 Å². The normalized spacial score (nSPS) is 10.9. The quantitative estimate of drug-likeness (QED) is 0.499. The summed E-state index contributed by atoms with van der Waals surface area (Å²) < 4.78 is 10.1. The first kappa shape index (κ1) is 12.2. The van der Waals surface area contributed by atoms with Gasteiger partial charge in [-0.25, -0.2) is 9.13 Å². The van der Waals surface area contributed by atoms with Crippen LogP contribution in [0.3, 0.4) is 0 Å². The monoisotopic (exact) mass is 211 g/mol.